The molecule has 5 nitrogen and oxygen atoms in total. The van der Waals surface area contributed by atoms with Crippen LogP contribution in [0.15, 0.2) is 30.6 Å². The maximum absolute atomic E-state index is 12.1. The Kier molecular flexibility index (Phi) is 3.76. The summed E-state index contributed by atoms with van der Waals surface area (Å²) < 4.78 is 1.76. The third-order valence-electron chi connectivity index (χ3n) is 2.63. The van der Waals surface area contributed by atoms with E-state index in [0.29, 0.717) is 22.0 Å². The zero-order chi connectivity index (χ0) is 14.0. The van der Waals surface area contributed by atoms with E-state index in [2.05, 4.69) is 10.4 Å². The van der Waals surface area contributed by atoms with Crippen LogP contribution in [0.1, 0.15) is 30.2 Å². The number of nitrogens with zero attached hydrogens (tertiary/aromatic N) is 2. The van der Waals surface area contributed by atoms with E-state index in [1.165, 1.54) is 0 Å². The molecule has 0 radical (unpaired) electrons. The molecule has 2 aromatic rings. The predicted molar refractivity (Wildman–Crippen MR) is 76.4 cm³/mol. The molecule has 3 N–H and O–H groups in total. The average Bonchev–Trinajstić information content (AvgIpc) is 2.77. The number of nitrogen functional groups attached to an aromatic ring is 1. The summed E-state index contributed by atoms with van der Waals surface area (Å²) in [6.07, 6.45) is 3.37. The number of halogens is 1. The van der Waals surface area contributed by atoms with E-state index in [0.717, 1.165) is 0 Å². The van der Waals surface area contributed by atoms with Crippen LogP contribution in [0.25, 0.3) is 0 Å². The number of benzene rings is 1. The molecule has 0 spiro atoms. The largest absolute Gasteiger partial charge is 0.399 e. The van der Waals surface area contributed by atoms with Crippen molar-refractivity contribution in [3.8, 4) is 0 Å². The lowest BCUT2D eigenvalue weighted by Crippen LogP contribution is -2.12. The second-order valence-electron chi connectivity index (χ2n) is 4.50. The summed E-state index contributed by atoms with van der Waals surface area (Å²) in [5, 5.41) is 7.22. The topological polar surface area (TPSA) is 72.9 Å². The van der Waals surface area contributed by atoms with E-state index in [9.17, 15) is 4.79 Å². The predicted octanol–water partition coefficient (Wildman–Crippen LogP) is 2.95. The van der Waals surface area contributed by atoms with E-state index >= 15 is 0 Å². The molecule has 0 saturated carbocycles. The lowest BCUT2D eigenvalue weighted by molar-refractivity contribution is 0.102. The number of carbonyl (C=O) groups is 1. The van der Waals surface area contributed by atoms with Crippen molar-refractivity contribution >= 4 is 28.9 Å². The van der Waals surface area contributed by atoms with Gasteiger partial charge in [0.15, 0.2) is 0 Å². The summed E-state index contributed by atoms with van der Waals surface area (Å²) >= 11 is 5.98. The van der Waals surface area contributed by atoms with Gasteiger partial charge in [-0.25, -0.2) is 0 Å². The third kappa shape index (κ3) is 3.06. The summed E-state index contributed by atoms with van der Waals surface area (Å²) in [4.78, 5) is 12.1. The highest BCUT2D eigenvalue weighted by Crippen LogP contribution is 2.20. The van der Waals surface area contributed by atoms with Crippen molar-refractivity contribution in [3.05, 3.63) is 41.2 Å². The Labute approximate surface area is 116 Å². The number of nitrogens with two attached hydrogens (primary N) is 1. The minimum absolute atomic E-state index is 0.241. The molecule has 0 aliphatic carbocycles. The van der Waals surface area contributed by atoms with Gasteiger partial charge in [0.05, 0.1) is 22.5 Å². The highest BCUT2D eigenvalue weighted by molar-refractivity contribution is 6.34. The molecule has 0 fully saturated rings. The second kappa shape index (κ2) is 5.32. The normalized spacial score (nSPS) is 10.7. The number of carbonyl (C=O) groups excluding carboxylic acids is 1. The standard InChI is InChI=1S/C13H15ClN4O/c1-8(2)18-7-10(6-16-18)17-13(19)11-4-3-9(15)5-12(11)14/h3-8H,15H2,1-2H3,(H,17,19). The van der Waals surface area contributed by atoms with Gasteiger partial charge in [0, 0.05) is 17.9 Å². The zero-order valence-corrected chi connectivity index (χ0v) is 11.5. The molecule has 6 heteroatoms. The van der Waals surface area contributed by atoms with Crippen LogP contribution in [0.4, 0.5) is 11.4 Å². The minimum Gasteiger partial charge on any atom is -0.399 e. The quantitative estimate of drug-likeness (QED) is 0.848. The molecule has 19 heavy (non-hydrogen) atoms. The van der Waals surface area contributed by atoms with E-state index in [-0.39, 0.29) is 11.9 Å². The van der Waals surface area contributed by atoms with Crippen LogP contribution < -0.4 is 11.1 Å². The van der Waals surface area contributed by atoms with E-state index < -0.39 is 0 Å². The Hall–Kier alpha value is -2.01. The molecule has 0 saturated heterocycles. The molecule has 1 amide bonds. The fourth-order valence-corrected chi connectivity index (χ4v) is 1.87. The van der Waals surface area contributed by atoms with Gasteiger partial charge in [-0.05, 0) is 32.0 Å². The molecule has 1 aromatic carbocycles. The van der Waals surface area contributed by atoms with Crippen LogP contribution in [-0.4, -0.2) is 15.7 Å². The SMILES string of the molecule is CC(C)n1cc(NC(=O)c2ccc(N)cc2Cl)cn1. The molecule has 2 rings (SSSR count). The van der Waals surface area contributed by atoms with Gasteiger partial charge in [-0.2, -0.15) is 5.10 Å². The maximum atomic E-state index is 12.1. The van der Waals surface area contributed by atoms with Crippen molar-refractivity contribution < 1.29 is 4.79 Å². The number of aromatic nitrogens is 2. The van der Waals surface area contributed by atoms with E-state index in [4.69, 9.17) is 17.3 Å². The van der Waals surface area contributed by atoms with Crippen molar-refractivity contribution in [2.24, 2.45) is 0 Å². The third-order valence-corrected chi connectivity index (χ3v) is 2.94. The van der Waals surface area contributed by atoms with Crippen molar-refractivity contribution in [1.82, 2.24) is 9.78 Å². The Morgan fingerprint density at radius 1 is 1.47 bits per heavy atom. The first-order chi connectivity index (χ1) is 8.97. The molecule has 1 heterocycles. The molecular formula is C13H15ClN4O. The van der Waals surface area contributed by atoms with Crippen LogP contribution >= 0.6 is 11.6 Å². The fourth-order valence-electron chi connectivity index (χ4n) is 1.60. The summed E-state index contributed by atoms with van der Waals surface area (Å²) in [7, 11) is 0. The Morgan fingerprint density at radius 3 is 2.79 bits per heavy atom. The number of hydrogen-bond acceptors (Lipinski definition) is 3. The fraction of sp³-hybridized carbons (Fsp3) is 0.231. The van der Waals surface area contributed by atoms with Gasteiger partial charge < -0.3 is 11.1 Å². The number of hydrogen-bond donors (Lipinski definition) is 2. The van der Waals surface area contributed by atoms with Crippen LogP contribution in [0.2, 0.25) is 5.02 Å². The van der Waals surface area contributed by atoms with Gasteiger partial charge in [0.1, 0.15) is 0 Å². The molecule has 0 atom stereocenters. The Bertz CT molecular complexity index is 606. The molecule has 100 valence electrons. The minimum atomic E-state index is -0.284. The van der Waals surface area contributed by atoms with Crippen LogP contribution in [0.5, 0.6) is 0 Å². The number of nitrogens with one attached hydrogen (secondary N) is 1. The van der Waals surface area contributed by atoms with Crippen molar-refractivity contribution in [1.29, 1.82) is 0 Å². The van der Waals surface area contributed by atoms with Crippen molar-refractivity contribution in [3.63, 3.8) is 0 Å². The maximum Gasteiger partial charge on any atom is 0.257 e. The van der Waals surface area contributed by atoms with Gasteiger partial charge >= 0.3 is 0 Å². The molecule has 1 aromatic heterocycles. The highest BCUT2D eigenvalue weighted by atomic mass is 35.5. The van der Waals surface area contributed by atoms with Crippen molar-refractivity contribution in [2.75, 3.05) is 11.1 Å². The van der Waals surface area contributed by atoms with Crippen LogP contribution in [-0.2, 0) is 0 Å². The van der Waals surface area contributed by atoms with Gasteiger partial charge in [-0.1, -0.05) is 11.6 Å². The Morgan fingerprint density at radius 2 is 2.21 bits per heavy atom. The van der Waals surface area contributed by atoms with Gasteiger partial charge in [0.2, 0.25) is 0 Å². The van der Waals surface area contributed by atoms with Crippen LogP contribution in [0, 0.1) is 0 Å². The summed E-state index contributed by atoms with van der Waals surface area (Å²) in [5.74, 6) is -0.284. The molecule has 0 unspecified atom stereocenters. The second-order valence-corrected chi connectivity index (χ2v) is 4.90. The smallest absolute Gasteiger partial charge is 0.257 e. The first kappa shape index (κ1) is 13.4. The molecule has 0 aliphatic heterocycles. The first-order valence-corrected chi connectivity index (χ1v) is 6.25. The zero-order valence-electron chi connectivity index (χ0n) is 10.7. The highest BCUT2D eigenvalue weighted by Gasteiger charge is 2.12. The molecular weight excluding hydrogens is 264 g/mol. The number of anilines is 2. The average molecular weight is 279 g/mol. The summed E-state index contributed by atoms with van der Waals surface area (Å²) in [6.45, 7) is 4.02. The van der Waals surface area contributed by atoms with E-state index in [1.807, 2.05) is 13.8 Å². The summed E-state index contributed by atoms with van der Waals surface area (Å²) in [6, 6.07) is 5.03. The lowest BCUT2D eigenvalue weighted by Gasteiger charge is -2.06. The monoisotopic (exact) mass is 278 g/mol. The summed E-state index contributed by atoms with van der Waals surface area (Å²) in [5.41, 5.74) is 7.12. The van der Waals surface area contributed by atoms with Crippen molar-refractivity contribution in [2.45, 2.75) is 19.9 Å². The first-order valence-electron chi connectivity index (χ1n) is 5.88. The van der Waals surface area contributed by atoms with Crippen LogP contribution in [0.3, 0.4) is 0 Å². The number of amides is 1. The number of rotatable bonds is 3. The van der Waals surface area contributed by atoms with Gasteiger partial charge in [-0.15, -0.1) is 0 Å². The van der Waals surface area contributed by atoms with Gasteiger partial charge in [-0.3, -0.25) is 9.48 Å². The molecule has 0 aliphatic rings. The lowest BCUT2D eigenvalue weighted by atomic mass is 10.2. The molecule has 0 bridgehead atoms. The van der Waals surface area contributed by atoms with E-state index in [1.54, 1.807) is 35.3 Å². The van der Waals surface area contributed by atoms with Gasteiger partial charge in [0.25, 0.3) is 5.91 Å². The Balaban J connectivity index is 2.16.